The van der Waals surface area contributed by atoms with E-state index in [1.165, 1.54) is 6.92 Å². The van der Waals surface area contributed by atoms with E-state index >= 15 is 0 Å². The number of carbonyl (C=O) groups excluding carboxylic acids is 1. The molecule has 2 heteroatoms. The third kappa shape index (κ3) is 6.46. The zero-order valence-corrected chi connectivity index (χ0v) is 9.59. The van der Waals surface area contributed by atoms with Crippen LogP contribution in [-0.2, 0) is 9.53 Å². The quantitative estimate of drug-likeness (QED) is 0.498. The minimum atomic E-state index is -0.371. The molecule has 0 aromatic carbocycles. The van der Waals surface area contributed by atoms with Crippen molar-refractivity contribution < 1.29 is 9.53 Å². The van der Waals surface area contributed by atoms with Gasteiger partial charge in [-0.05, 0) is 33.6 Å². The lowest BCUT2D eigenvalue weighted by atomic mass is 10.0. The van der Waals surface area contributed by atoms with Gasteiger partial charge in [-0.15, -0.1) is 0 Å². The Balaban J connectivity index is 3.99. The smallest absolute Gasteiger partial charge is 0.303 e. The van der Waals surface area contributed by atoms with Crippen LogP contribution in [-0.4, -0.2) is 11.6 Å². The largest absolute Gasteiger partial charge is 0.460 e. The summed E-state index contributed by atoms with van der Waals surface area (Å²) in [6.07, 6.45) is 5.65. The summed E-state index contributed by atoms with van der Waals surface area (Å²) in [6.45, 7) is 11.0. The van der Waals surface area contributed by atoms with Gasteiger partial charge in [-0.3, -0.25) is 4.79 Å². The normalized spacial score (nSPS) is 12.4. The molecule has 0 aromatic rings. The van der Waals surface area contributed by atoms with Crippen molar-refractivity contribution in [1.29, 1.82) is 0 Å². The number of carbonyl (C=O) groups is 1. The fourth-order valence-electron chi connectivity index (χ4n) is 1.17. The third-order valence-corrected chi connectivity index (χ3v) is 1.95. The van der Waals surface area contributed by atoms with Gasteiger partial charge in [0.2, 0.25) is 0 Å². The van der Waals surface area contributed by atoms with E-state index < -0.39 is 0 Å². The van der Waals surface area contributed by atoms with Gasteiger partial charge in [0.15, 0.2) is 0 Å². The molecule has 14 heavy (non-hydrogen) atoms. The van der Waals surface area contributed by atoms with Crippen LogP contribution in [0, 0.1) is 0 Å². The Hall–Kier alpha value is -1.05. The van der Waals surface area contributed by atoms with E-state index in [0.29, 0.717) is 0 Å². The predicted octanol–water partition coefficient (Wildman–Crippen LogP) is 3.24. The van der Waals surface area contributed by atoms with Crippen molar-refractivity contribution >= 4 is 5.97 Å². The van der Waals surface area contributed by atoms with E-state index in [2.05, 4.69) is 12.7 Å². The number of allylic oxidation sites excluding steroid dienone is 3. The van der Waals surface area contributed by atoms with Gasteiger partial charge in [0.1, 0.15) is 5.60 Å². The van der Waals surface area contributed by atoms with E-state index in [1.54, 1.807) is 0 Å². The van der Waals surface area contributed by atoms with Crippen molar-refractivity contribution in [2.75, 3.05) is 0 Å². The maximum absolute atomic E-state index is 10.8. The third-order valence-electron chi connectivity index (χ3n) is 1.95. The average Bonchev–Trinajstić information content (AvgIpc) is 2.01. The second kappa shape index (κ2) is 5.63. The van der Waals surface area contributed by atoms with Crippen LogP contribution in [0.5, 0.6) is 0 Å². The van der Waals surface area contributed by atoms with Crippen molar-refractivity contribution in [2.24, 2.45) is 0 Å². The summed E-state index contributed by atoms with van der Waals surface area (Å²) >= 11 is 0. The molecule has 0 N–H and O–H groups in total. The monoisotopic (exact) mass is 196 g/mol. The van der Waals surface area contributed by atoms with Crippen LogP contribution >= 0.6 is 0 Å². The van der Waals surface area contributed by atoms with E-state index in [4.69, 9.17) is 4.74 Å². The Bertz CT molecular complexity index is 237. The molecular weight excluding hydrogens is 176 g/mol. The number of rotatable bonds is 5. The van der Waals surface area contributed by atoms with Gasteiger partial charge in [-0.2, -0.15) is 0 Å². The summed E-state index contributed by atoms with van der Waals surface area (Å²) in [4.78, 5) is 10.8. The van der Waals surface area contributed by atoms with Crippen LogP contribution in [0.2, 0.25) is 0 Å². The molecule has 0 bridgehead atoms. The van der Waals surface area contributed by atoms with Crippen molar-refractivity contribution in [3.8, 4) is 0 Å². The lowest BCUT2D eigenvalue weighted by molar-refractivity contribution is -0.154. The van der Waals surface area contributed by atoms with E-state index in [0.717, 1.165) is 18.4 Å². The predicted molar refractivity (Wildman–Crippen MR) is 59.0 cm³/mol. The molecule has 0 fully saturated rings. The first-order valence-electron chi connectivity index (χ1n) is 4.86. The minimum absolute atomic E-state index is 0.223. The molecule has 0 aliphatic rings. The maximum Gasteiger partial charge on any atom is 0.303 e. The molecule has 0 spiro atoms. The van der Waals surface area contributed by atoms with Crippen LogP contribution in [0.25, 0.3) is 0 Å². The second-order valence-corrected chi connectivity index (χ2v) is 4.04. The van der Waals surface area contributed by atoms with Gasteiger partial charge in [0.25, 0.3) is 0 Å². The highest BCUT2D eigenvalue weighted by Gasteiger charge is 2.19. The standard InChI is InChI=1S/C12H20O2/c1-6-10(2)8-7-9-12(4,5)14-11(3)13/h6,8H,1,7,9H2,2-5H3/b10-8-. The first kappa shape index (κ1) is 12.9. The van der Waals surface area contributed by atoms with Crippen LogP contribution in [0.1, 0.15) is 40.5 Å². The topological polar surface area (TPSA) is 26.3 Å². The fraction of sp³-hybridized carbons (Fsp3) is 0.583. The molecule has 0 amide bonds. The molecule has 0 saturated carbocycles. The molecule has 2 nitrogen and oxygen atoms in total. The Morgan fingerprint density at radius 1 is 1.43 bits per heavy atom. The van der Waals surface area contributed by atoms with E-state index in [1.807, 2.05) is 26.8 Å². The SMILES string of the molecule is C=C/C(C)=C\CCC(C)(C)OC(C)=O. The van der Waals surface area contributed by atoms with Crippen LogP contribution in [0.15, 0.2) is 24.3 Å². The highest BCUT2D eigenvalue weighted by Crippen LogP contribution is 2.17. The maximum atomic E-state index is 10.8. The molecule has 0 heterocycles. The molecule has 80 valence electrons. The lowest BCUT2D eigenvalue weighted by Crippen LogP contribution is -2.26. The van der Waals surface area contributed by atoms with Gasteiger partial charge in [-0.25, -0.2) is 0 Å². The Morgan fingerprint density at radius 3 is 2.43 bits per heavy atom. The summed E-state index contributed by atoms with van der Waals surface area (Å²) in [6, 6.07) is 0. The molecule has 0 atom stereocenters. The van der Waals surface area contributed by atoms with Crippen molar-refractivity contribution in [2.45, 2.75) is 46.1 Å². The molecule has 0 aliphatic heterocycles. The van der Waals surface area contributed by atoms with Gasteiger partial charge >= 0.3 is 5.97 Å². The molecule has 0 aliphatic carbocycles. The van der Waals surface area contributed by atoms with Gasteiger partial charge < -0.3 is 4.74 Å². The molecular formula is C12H20O2. The van der Waals surface area contributed by atoms with Crippen molar-refractivity contribution in [1.82, 2.24) is 0 Å². The number of hydrogen-bond donors (Lipinski definition) is 0. The van der Waals surface area contributed by atoms with Gasteiger partial charge in [-0.1, -0.05) is 24.3 Å². The Kier molecular flexibility index (Phi) is 5.21. The average molecular weight is 196 g/mol. The minimum Gasteiger partial charge on any atom is -0.460 e. The van der Waals surface area contributed by atoms with E-state index in [9.17, 15) is 4.79 Å². The van der Waals surface area contributed by atoms with Crippen LogP contribution in [0.4, 0.5) is 0 Å². The Morgan fingerprint density at radius 2 is 2.00 bits per heavy atom. The molecule has 0 radical (unpaired) electrons. The van der Waals surface area contributed by atoms with Gasteiger partial charge in [0, 0.05) is 6.92 Å². The highest BCUT2D eigenvalue weighted by atomic mass is 16.6. The summed E-state index contributed by atoms with van der Waals surface area (Å²) < 4.78 is 5.16. The van der Waals surface area contributed by atoms with Crippen molar-refractivity contribution in [3.05, 3.63) is 24.3 Å². The van der Waals surface area contributed by atoms with Crippen LogP contribution < -0.4 is 0 Å². The summed E-state index contributed by atoms with van der Waals surface area (Å²) in [5.74, 6) is -0.223. The zero-order chi connectivity index (χ0) is 11.2. The molecule has 0 unspecified atom stereocenters. The molecule has 0 aromatic heterocycles. The number of ether oxygens (including phenoxy) is 1. The summed E-state index contributed by atoms with van der Waals surface area (Å²) in [7, 11) is 0. The fourth-order valence-corrected chi connectivity index (χ4v) is 1.17. The highest BCUT2D eigenvalue weighted by molar-refractivity contribution is 5.66. The second-order valence-electron chi connectivity index (χ2n) is 4.04. The van der Waals surface area contributed by atoms with Crippen LogP contribution in [0.3, 0.4) is 0 Å². The summed E-state index contributed by atoms with van der Waals surface area (Å²) in [5.41, 5.74) is 0.785. The number of esters is 1. The number of hydrogen-bond acceptors (Lipinski definition) is 2. The van der Waals surface area contributed by atoms with E-state index in [-0.39, 0.29) is 11.6 Å². The lowest BCUT2D eigenvalue weighted by Gasteiger charge is -2.23. The summed E-state index contributed by atoms with van der Waals surface area (Å²) in [5, 5.41) is 0. The Labute approximate surface area is 86.6 Å². The molecule has 0 saturated heterocycles. The first-order chi connectivity index (χ1) is 6.37. The first-order valence-corrected chi connectivity index (χ1v) is 4.86. The zero-order valence-electron chi connectivity index (χ0n) is 9.59. The molecule has 0 rings (SSSR count). The van der Waals surface area contributed by atoms with Gasteiger partial charge in [0.05, 0.1) is 0 Å². The van der Waals surface area contributed by atoms with Crippen molar-refractivity contribution in [3.63, 3.8) is 0 Å².